The fraction of sp³-hybridized carbons (Fsp3) is 0.556. The summed E-state index contributed by atoms with van der Waals surface area (Å²) in [6.07, 6.45) is 0.993. The van der Waals surface area contributed by atoms with Crippen molar-refractivity contribution in [3.8, 4) is 5.75 Å². The number of nitrogens with zero attached hydrogens (tertiary/aromatic N) is 1. The van der Waals surface area contributed by atoms with Gasteiger partial charge in [0.2, 0.25) is 0 Å². The van der Waals surface area contributed by atoms with Gasteiger partial charge in [-0.15, -0.1) is 0 Å². The first-order valence-corrected chi connectivity index (χ1v) is 8.13. The fourth-order valence-electron chi connectivity index (χ4n) is 3.15. The first-order valence-electron chi connectivity index (χ1n) is 8.13. The molecule has 2 rings (SSSR count). The predicted octanol–water partition coefficient (Wildman–Crippen LogP) is 3.39. The SMILES string of the molecule is CCC1(CC)Oc2cc(C)ccc2N(C(C(=O)O)C(C)C)C1=O. The van der Waals surface area contributed by atoms with Crippen LogP contribution in [0.5, 0.6) is 5.75 Å². The number of aryl methyl sites for hydroxylation is 1. The van der Waals surface area contributed by atoms with E-state index in [2.05, 4.69) is 0 Å². The molecule has 0 spiro atoms. The van der Waals surface area contributed by atoms with E-state index in [1.54, 1.807) is 6.07 Å². The van der Waals surface area contributed by atoms with Crippen LogP contribution in [0.4, 0.5) is 5.69 Å². The average Bonchev–Trinajstić information content (AvgIpc) is 2.49. The Balaban J connectivity index is 2.67. The minimum absolute atomic E-state index is 0.213. The van der Waals surface area contributed by atoms with Gasteiger partial charge in [-0.25, -0.2) is 4.79 Å². The second kappa shape index (κ2) is 6.22. The topological polar surface area (TPSA) is 66.8 Å². The van der Waals surface area contributed by atoms with Gasteiger partial charge in [0, 0.05) is 0 Å². The van der Waals surface area contributed by atoms with E-state index in [0.29, 0.717) is 24.3 Å². The van der Waals surface area contributed by atoms with Crippen LogP contribution in [0.3, 0.4) is 0 Å². The molecule has 0 aliphatic carbocycles. The molecule has 0 bridgehead atoms. The van der Waals surface area contributed by atoms with Crippen LogP contribution >= 0.6 is 0 Å². The third-order valence-electron chi connectivity index (χ3n) is 4.59. The van der Waals surface area contributed by atoms with Gasteiger partial charge in [0.25, 0.3) is 5.91 Å². The lowest BCUT2D eigenvalue weighted by Crippen LogP contribution is -2.61. The van der Waals surface area contributed by atoms with Gasteiger partial charge in [-0.1, -0.05) is 33.8 Å². The number of carbonyl (C=O) groups is 2. The second-order valence-electron chi connectivity index (χ2n) is 6.48. The van der Waals surface area contributed by atoms with E-state index in [1.807, 2.05) is 46.8 Å². The third-order valence-corrected chi connectivity index (χ3v) is 4.59. The lowest BCUT2D eigenvalue weighted by atomic mass is 9.90. The van der Waals surface area contributed by atoms with E-state index in [0.717, 1.165) is 5.56 Å². The quantitative estimate of drug-likeness (QED) is 0.903. The minimum Gasteiger partial charge on any atom is -0.480 e. The first kappa shape index (κ1) is 17.3. The largest absolute Gasteiger partial charge is 0.480 e. The summed E-state index contributed by atoms with van der Waals surface area (Å²) >= 11 is 0. The number of rotatable bonds is 5. The molecule has 1 unspecified atom stereocenters. The molecule has 1 N–H and O–H groups in total. The number of carbonyl (C=O) groups excluding carboxylic acids is 1. The van der Waals surface area contributed by atoms with Crippen LogP contribution in [0.1, 0.15) is 46.1 Å². The van der Waals surface area contributed by atoms with Crippen molar-refractivity contribution in [3.63, 3.8) is 0 Å². The minimum atomic E-state index is -0.997. The van der Waals surface area contributed by atoms with Gasteiger partial charge in [0.1, 0.15) is 11.8 Å². The van der Waals surface area contributed by atoms with E-state index < -0.39 is 17.6 Å². The maximum atomic E-state index is 13.1. The molecule has 0 fully saturated rings. The smallest absolute Gasteiger partial charge is 0.327 e. The average molecular weight is 319 g/mol. The van der Waals surface area contributed by atoms with Crippen molar-refractivity contribution in [2.24, 2.45) is 5.92 Å². The first-order chi connectivity index (χ1) is 10.8. The number of fused-ring (bicyclic) bond motifs is 1. The van der Waals surface area contributed by atoms with Gasteiger partial charge in [-0.05, 0) is 43.4 Å². The molecule has 1 amide bonds. The highest BCUT2D eigenvalue weighted by Gasteiger charge is 2.49. The molecular formula is C18H25NO4. The Hall–Kier alpha value is -2.04. The van der Waals surface area contributed by atoms with Crippen molar-refractivity contribution in [1.82, 2.24) is 0 Å². The van der Waals surface area contributed by atoms with E-state index in [-0.39, 0.29) is 11.8 Å². The molecule has 0 saturated carbocycles. The zero-order valence-electron chi connectivity index (χ0n) is 14.4. The number of hydrogen-bond donors (Lipinski definition) is 1. The number of amides is 1. The molecule has 1 aliphatic rings. The molecular weight excluding hydrogens is 294 g/mol. The molecule has 1 aliphatic heterocycles. The fourth-order valence-corrected chi connectivity index (χ4v) is 3.15. The number of aliphatic carboxylic acids is 1. The zero-order chi connectivity index (χ0) is 17.4. The highest BCUT2D eigenvalue weighted by Crippen LogP contribution is 2.42. The summed E-state index contributed by atoms with van der Waals surface area (Å²) in [5, 5.41) is 9.67. The standard InChI is InChI=1S/C18H25NO4/c1-6-18(7-2)17(22)19(15(11(3)4)16(20)21)13-9-8-12(5)10-14(13)23-18/h8-11,15H,6-7H2,1-5H3,(H,20,21). The maximum absolute atomic E-state index is 13.1. The Bertz CT molecular complexity index is 619. The van der Waals surface area contributed by atoms with Crippen molar-refractivity contribution >= 4 is 17.6 Å². The van der Waals surface area contributed by atoms with Crippen LogP contribution in [0.15, 0.2) is 18.2 Å². The number of hydrogen-bond acceptors (Lipinski definition) is 3. The monoisotopic (exact) mass is 319 g/mol. The van der Waals surface area contributed by atoms with Gasteiger partial charge in [0.05, 0.1) is 5.69 Å². The molecule has 23 heavy (non-hydrogen) atoms. The van der Waals surface area contributed by atoms with Gasteiger partial charge in [0.15, 0.2) is 5.60 Å². The van der Waals surface area contributed by atoms with E-state index in [1.165, 1.54) is 4.90 Å². The number of carboxylic acids is 1. The molecule has 0 saturated heterocycles. The zero-order valence-corrected chi connectivity index (χ0v) is 14.4. The Morgan fingerprint density at radius 2 is 1.91 bits per heavy atom. The summed E-state index contributed by atoms with van der Waals surface area (Å²) in [6.45, 7) is 9.36. The summed E-state index contributed by atoms with van der Waals surface area (Å²) in [6, 6.07) is 4.60. The van der Waals surface area contributed by atoms with Crippen LogP contribution < -0.4 is 9.64 Å². The number of ether oxygens (including phenoxy) is 1. The Morgan fingerprint density at radius 3 is 2.39 bits per heavy atom. The molecule has 5 heteroatoms. The number of carboxylic acid groups (broad SMARTS) is 1. The van der Waals surface area contributed by atoms with Crippen molar-refractivity contribution in [2.45, 2.75) is 59.1 Å². The predicted molar refractivity (Wildman–Crippen MR) is 88.9 cm³/mol. The van der Waals surface area contributed by atoms with Crippen LogP contribution in [0, 0.1) is 12.8 Å². The molecule has 0 aromatic heterocycles. The van der Waals surface area contributed by atoms with Crippen LogP contribution in [0.2, 0.25) is 0 Å². The highest BCUT2D eigenvalue weighted by molar-refractivity contribution is 6.06. The van der Waals surface area contributed by atoms with E-state index in [9.17, 15) is 14.7 Å². The molecule has 1 aromatic rings. The van der Waals surface area contributed by atoms with Gasteiger partial charge in [-0.2, -0.15) is 0 Å². The molecule has 0 radical (unpaired) electrons. The molecule has 126 valence electrons. The van der Waals surface area contributed by atoms with Crippen molar-refractivity contribution in [1.29, 1.82) is 0 Å². The summed E-state index contributed by atoms with van der Waals surface area (Å²) in [4.78, 5) is 26.4. The van der Waals surface area contributed by atoms with Gasteiger partial charge in [-0.3, -0.25) is 9.69 Å². The number of anilines is 1. The van der Waals surface area contributed by atoms with E-state index >= 15 is 0 Å². The summed E-state index contributed by atoms with van der Waals surface area (Å²) in [5.74, 6) is -0.891. The van der Waals surface area contributed by atoms with E-state index in [4.69, 9.17) is 4.74 Å². The van der Waals surface area contributed by atoms with Gasteiger partial charge >= 0.3 is 5.97 Å². The summed E-state index contributed by atoms with van der Waals surface area (Å²) < 4.78 is 6.07. The normalized spacial score (nSPS) is 17.7. The van der Waals surface area contributed by atoms with Crippen molar-refractivity contribution in [2.75, 3.05) is 4.90 Å². The van der Waals surface area contributed by atoms with Crippen LogP contribution in [-0.4, -0.2) is 28.6 Å². The van der Waals surface area contributed by atoms with Gasteiger partial charge < -0.3 is 9.84 Å². The molecule has 1 atom stereocenters. The Morgan fingerprint density at radius 1 is 1.30 bits per heavy atom. The lowest BCUT2D eigenvalue weighted by molar-refractivity contribution is -0.145. The van der Waals surface area contributed by atoms with Crippen molar-refractivity contribution < 1.29 is 19.4 Å². The Kier molecular flexibility index (Phi) is 4.68. The van der Waals surface area contributed by atoms with Crippen LogP contribution in [-0.2, 0) is 9.59 Å². The highest BCUT2D eigenvalue weighted by atomic mass is 16.5. The van der Waals surface area contributed by atoms with Crippen LogP contribution in [0.25, 0.3) is 0 Å². The second-order valence-corrected chi connectivity index (χ2v) is 6.48. The maximum Gasteiger partial charge on any atom is 0.327 e. The molecule has 1 aromatic carbocycles. The third kappa shape index (κ3) is 2.80. The summed E-state index contributed by atoms with van der Waals surface area (Å²) in [5.41, 5.74) is 0.554. The summed E-state index contributed by atoms with van der Waals surface area (Å²) in [7, 11) is 0. The molecule has 5 nitrogen and oxygen atoms in total. The molecule has 1 heterocycles. The van der Waals surface area contributed by atoms with Crippen molar-refractivity contribution in [3.05, 3.63) is 23.8 Å². The lowest BCUT2D eigenvalue weighted by Gasteiger charge is -2.44. The Labute approximate surface area is 137 Å². The number of benzene rings is 1.